The first-order chi connectivity index (χ1) is 8.43. The van der Waals surface area contributed by atoms with Crippen molar-refractivity contribution >= 4 is 0 Å². The van der Waals surface area contributed by atoms with E-state index in [2.05, 4.69) is 39.9 Å². The van der Waals surface area contributed by atoms with Crippen LogP contribution in [0.2, 0.25) is 0 Å². The Balaban J connectivity index is 3.68. The summed E-state index contributed by atoms with van der Waals surface area (Å²) in [5.41, 5.74) is -0.174. The number of rotatable bonds is 11. The minimum absolute atomic E-state index is 0.174. The van der Waals surface area contributed by atoms with Gasteiger partial charge in [-0.1, -0.05) is 34.1 Å². The Labute approximate surface area is 113 Å². The van der Waals surface area contributed by atoms with Gasteiger partial charge in [-0.15, -0.1) is 0 Å². The first kappa shape index (κ1) is 17.9. The van der Waals surface area contributed by atoms with Crippen LogP contribution in [0.15, 0.2) is 0 Å². The molecule has 0 spiro atoms. The Morgan fingerprint density at radius 2 is 1.94 bits per heavy atom. The monoisotopic (exact) mass is 259 g/mol. The Kier molecular flexibility index (Phi) is 9.70. The highest BCUT2D eigenvalue weighted by Crippen LogP contribution is 2.13. The second kappa shape index (κ2) is 9.76. The van der Waals surface area contributed by atoms with Gasteiger partial charge >= 0.3 is 0 Å². The molecule has 0 amide bonds. The first-order valence-corrected chi connectivity index (χ1v) is 7.40. The highest BCUT2D eigenvalue weighted by atomic mass is 16.5. The zero-order chi connectivity index (χ0) is 14.0. The fourth-order valence-corrected chi connectivity index (χ4v) is 2.32. The average molecular weight is 259 g/mol. The predicted molar refractivity (Wildman–Crippen MR) is 77.9 cm³/mol. The lowest BCUT2D eigenvalue weighted by molar-refractivity contribution is 0.0853. The molecule has 0 radical (unpaired) electrons. The summed E-state index contributed by atoms with van der Waals surface area (Å²) in [4.78, 5) is 0. The van der Waals surface area contributed by atoms with E-state index in [4.69, 9.17) is 4.74 Å². The van der Waals surface area contributed by atoms with Gasteiger partial charge in [0.25, 0.3) is 0 Å². The molecule has 18 heavy (non-hydrogen) atoms. The molecule has 0 saturated heterocycles. The molecule has 2 N–H and O–H groups in total. The summed E-state index contributed by atoms with van der Waals surface area (Å²) in [6, 6.07) is 0.396. The molecule has 3 heteroatoms. The highest BCUT2D eigenvalue weighted by molar-refractivity contribution is 4.83. The van der Waals surface area contributed by atoms with Crippen molar-refractivity contribution in [3.8, 4) is 0 Å². The zero-order valence-corrected chi connectivity index (χ0v) is 13.0. The highest BCUT2D eigenvalue weighted by Gasteiger charge is 2.23. The van der Waals surface area contributed by atoms with E-state index in [1.165, 1.54) is 12.8 Å². The van der Waals surface area contributed by atoms with Crippen LogP contribution in [0.25, 0.3) is 0 Å². The second-order valence-electron chi connectivity index (χ2n) is 6.09. The van der Waals surface area contributed by atoms with Crippen LogP contribution in [-0.2, 0) is 4.74 Å². The quantitative estimate of drug-likeness (QED) is 0.561. The lowest BCUT2D eigenvalue weighted by Gasteiger charge is -2.31. The molecule has 0 aliphatic carbocycles. The largest absolute Gasteiger partial charge is 0.394 e. The smallest absolute Gasteiger partial charge is 0.0610 e. The molecule has 0 rings (SSSR count). The van der Waals surface area contributed by atoms with Gasteiger partial charge in [-0.3, -0.25) is 0 Å². The fraction of sp³-hybridized carbons (Fsp3) is 1.00. The van der Waals surface area contributed by atoms with Gasteiger partial charge in [-0.2, -0.15) is 0 Å². The Bertz CT molecular complexity index is 197. The summed E-state index contributed by atoms with van der Waals surface area (Å²) in [5, 5.41) is 12.9. The minimum atomic E-state index is -0.174. The van der Waals surface area contributed by atoms with Gasteiger partial charge in [0.1, 0.15) is 0 Å². The summed E-state index contributed by atoms with van der Waals surface area (Å²) in [6.07, 6.45) is 4.41. The van der Waals surface area contributed by atoms with Crippen LogP contribution in [0, 0.1) is 5.92 Å². The van der Waals surface area contributed by atoms with Gasteiger partial charge in [0, 0.05) is 24.8 Å². The van der Waals surface area contributed by atoms with E-state index in [0.717, 1.165) is 26.1 Å². The number of ether oxygens (including phenoxy) is 1. The van der Waals surface area contributed by atoms with Gasteiger partial charge in [0.2, 0.25) is 0 Å². The molecule has 0 heterocycles. The number of aliphatic hydroxyl groups is 1. The molecule has 0 bridgehead atoms. The molecule has 110 valence electrons. The minimum Gasteiger partial charge on any atom is -0.394 e. The van der Waals surface area contributed by atoms with Crippen molar-refractivity contribution in [3.63, 3.8) is 0 Å². The molecule has 2 atom stereocenters. The number of hydrogen-bond donors (Lipinski definition) is 2. The van der Waals surface area contributed by atoms with E-state index in [1.54, 1.807) is 0 Å². The molecule has 2 unspecified atom stereocenters. The normalized spacial score (nSPS) is 16.8. The molecular weight excluding hydrogens is 226 g/mol. The summed E-state index contributed by atoms with van der Waals surface area (Å²) in [5.74, 6) is 0.660. The molecule has 3 nitrogen and oxygen atoms in total. The average Bonchev–Trinajstić information content (AvgIpc) is 2.28. The molecule has 0 aromatic carbocycles. The number of hydrogen-bond acceptors (Lipinski definition) is 3. The third kappa shape index (κ3) is 8.90. The lowest BCUT2D eigenvalue weighted by Crippen LogP contribution is -2.49. The van der Waals surface area contributed by atoms with Crippen LogP contribution in [0.3, 0.4) is 0 Å². The molecular formula is C15H33NO2. The fourth-order valence-electron chi connectivity index (χ4n) is 2.32. The van der Waals surface area contributed by atoms with Crippen LogP contribution in [0.5, 0.6) is 0 Å². The SMILES string of the molecule is CCCC(C)COCCCC(C)(CO)NC(C)C. The van der Waals surface area contributed by atoms with E-state index in [0.29, 0.717) is 12.0 Å². The summed E-state index contributed by atoms with van der Waals surface area (Å²) < 4.78 is 5.68. The topological polar surface area (TPSA) is 41.5 Å². The van der Waals surface area contributed by atoms with Gasteiger partial charge < -0.3 is 15.2 Å². The van der Waals surface area contributed by atoms with Crippen molar-refractivity contribution in [2.45, 2.75) is 71.9 Å². The Morgan fingerprint density at radius 3 is 2.44 bits per heavy atom. The third-order valence-corrected chi connectivity index (χ3v) is 3.19. The van der Waals surface area contributed by atoms with Crippen molar-refractivity contribution < 1.29 is 9.84 Å². The maximum Gasteiger partial charge on any atom is 0.0610 e. The van der Waals surface area contributed by atoms with E-state index in [9.17, 15) is 5.11 Å². The molecule has 0 aliphatic heterocycles. The number of aliphatic hydroxyl groups excluding tert-OH is 1. The molecule has 0 aromatic heterocycles. The lowest BCUT2D eigenvalue weighted by atomic mass is 9.96. The maximum absolute atomic E-state index is 9.45. The van der Waals surface area contributed by atoms with Gasteiger partial charge in [0.05, 0.1) is 6.61 Å². The van der Waals surface area contributed by atoms with Gasteiger partial charge in [-0.25, -0.2) is 0 Å². The summed E-state index contributed by atoms with van der Waals surface area (Å²) in [6.45, 7) is 12.6. The predicted octanol–water partition coefficient (Wildman–Crippen LogP) is 2.97. The second-order valence-corrected chi connectivity index (χ2v) is 6.09. The van der Waals surface area contributed by atoms with Crippen LogP contribution in [0.1, 0.15) is 60.3 Å². The molecule has 0 fully saturated rings. The van der Waals surface area contributed by atoms with Crippen LogP contribution >= 0.6 is 0 Å². The van der Waals surface area contributed by atoms with Crippen LogP contribution in [-0.4, -0.2) is 36.5 Å². The van der Waals surface area contributed by atoms with Crippen molar-refractivity contribution in [1.82, 2.24) is 5.32 Å². The van der Waals surface area contributed by atoms with Crippen molar-refractivity contribution in [2.24, 2.45) is 5.92 Å². The van der Waals surface area contributed by atoms with Gasteiger partial charge in [-0.05, 0) is 32.1 Å². The van der Waals surface area contributed by atoms with Crippen LogP contribution in [0.4, 0.5) is 0 Å². The Hall–Kier alpha value is -0.120. The van der Waals surface area contributed by atoms with Crippen molar-refractivity contribution in [2.75, 3.05) is 19.8 Å². The van der Waals surface area contributed by atoms with E-state index in [-0.39, 0.29) is 12.1 Å². The van der Waals surface area contributed by atoms with Crippen LogP contribution < -0.4 is 5.32 Å². The van der Waals surface area contributed by atoms with Gasteiger partial charge in [0.15, 0.2) is 0 Å². The molecule has 0 aromatic rings. The maximum atomic E-state index is 9.45. The van der Waals surface area contributed by atoms with E-state index < -0.39 is 0 Å². The van der Waals surface area contributed by atoms with Crippen molar-refractivity contribution in [1.29, 1.82) is 0 Å². The summed E-state index contributed by atoms with van der Waals surface area (Å²) >= 11 is 0. The number of nitrogens with one attached hydrogen (secondary N) is 1. The van der Waals surface area contributed by atoms with E-state index >= 15 is 0 Å². The Morgan fingerprint density at radius 1 is 1.28 bits per heavy atom. The van der Waals surface area contributed by atoms with Crippen molar-refractivity contribution in [3.05, 3.63) is 0 Å². The third-order valence-electron chi connectivity index (χ3n) is 3.19. The summed E-state index contributed by atoms with van der Waals surface area (Å²) in [7, 11) is 0. The molecule has 0 saturated carbocycles. The first-order valence-electron chi connectivity index (χ1n) is 7.40. The van der Waals surface area contributed by atoms with E-state index in [1.807, 2.05) is 0 Å². The standard InChI is InChI=1S/C15H33NO2/c1-6-8-14(4)11-18-10-7-9-15(5,12-17)16-13(2)3/h13-14,16-17H,6-12H2,1-5H3. The zero-order valence-electron chi connectivity index (χ0n) is 13.0. The molecule has 0 aliphatic rings.